The summed E-state index contributed by atoms with van der Waals surface area (Å²) in [7, 11) is 0. The van der Waals surface area contributed by atoms with E-state index in [0.717, 1.165) is 17.7 Å². The lowest BCUT2D eigenvalue weighted by Gasteiger charge is -2.36. The van der Waals surface area contributed by atoms with Gasteiger partial charge in [0.2, 0.25) is 0 Å². The normalized spacial score (nSPS) is 13.4. The van der Waals surface area contributed by atoms with Gasteiger partial charge in [-0.25, -0.2) is 0 Å². The zero-order chi connectivity index (χ0) is 24.6. The number of nitro benzene ring substituents is 1. The predicted molar refractivity (Wildman–Crippen MR) is 137 cm³/mol. The molecule has 182 valence electrons. The fourth-order valence-electron chi connectivity index (χ4n) is 4.10. The Balaban J connectivity index is 1.41. The Bertz CT molecular complexity index is 1160. The molecule has 0 unspecified atom stereocenters. The van der Waals surface area contributed by atoms with Crippen molar-refractivity contribution in [2.24, 2.45) is 0 Å². The molecular weight excluding hydrogens is 444 g/mol. The number of nitrogens with zero attached hydrogens (tertiary/aromatic N) is 3. The van der Waals surface area contributed by atoms with E-state index in [1.165, 1.54) is 0 Å². The molecule has 35 heavy (non-hydrogen) atoms. The molecule has 3 aromatic rings. The van der Waals surface area contributed by atoms with Crippen molar-refractivity contribution in [3.8, 4) is 5.75 Å². The van der Waals surface area contributed by atoms with Gasteiger partial charge in [-0.3, -0.25) is 14.9 Å². The van der Waals surface area contributed by atoms with E-state index in [1.807, 2.05) is 66.4 Å². The number of anilines is 2. The minimum absolute atomic E-state index is 0.0134. The Kier molecular flexibility index (Phi) is 7.82. The first-order valence-corrected chi connectivity index (χ1v) is 11.9. The van der Waals surface area contributed by atoms with Gasteiger partial charge in [0, 0.05) is 50.0 Å². The van der Waals surface area contributed by atoms with Gasteiger partial charge in [-0.1, -0.05) is 43.3 Å². The first kappa shape index (κ1) is 24.1. The number of carbonyl (C=O) groups is 1. The zero-order valence-corrected chi connectivity index (χ0v) is 19.9. The van der Waals surface area contributed by atoms with Crippen molar-refractivity contribution >= 4 is 23.0 Å². The molecule has 0 bridgehead atoms. The molecule has 0 aliphatic carbocycles. The second-order valence-corrected chi connectivity index (χ2v) is 8.45. The first-order valence-electron chi connectivity index (χ1n) is 11.9. The van der Waals surface area contributed by atoms with Crippen LogP contribution in [-0.4, -0.2) is 48.5 Å². The number of benzene rings is 3. The Morgan fingerprint density at radius 1 is 1.00 bits per heavy atom. The van der Waals surface area contributed by atoms with E-state index in [2.05, 4.69) is 10.2 Å². The molecule has 0 aromatic heterocycles. The van der Waals surface area contributed by atoms with Crippen LogP contribution in [0.4, 0.5) is 17.1 Å². The number of nitrogens with one attached hydrogen (secondary N) is 1. The third kappa shape index (κ3) is 6.09. The Labute approximate surface area is 205 Å². The number of rotatable bonds is 9. The van der Waals surface area contributed by atoms with Crippen molar-refractivity contribution < 1.29 is 14.5 Å². The monoisotopic (exact) mass is 474 g/mol. The number of nitro groups is 1. The lowest BCUT2D eigenvalue weighted by molar-refractivity contribution is -0.384. The Hall–Kier alpha value is -4.07. The van der Waals surface area contributed by atoms with Crippen LogP contribution in [0.25, 0.3) is 0 Å². The van der Waals surface area contributed by atoms with Crippen LogP contribution in [0, 0.1) is 10.1 Å². The fraction of sp³-hybridized carbons (Fsp3) is 0.296. The molecule has 8 heteroatoms. The van der Waals surface area contributed by atoms with Crippen LogP contribution in [-0.2, 0) is 6.54 Å². The van der Waals surface area contributed by atoms with E-state index in [9.17, 15) is 14.9 Å². The molecule has 0 atom stereocenters. The predicted octanol–water partition coefficient (Wildman–Crippen LogP) is 4.96. The molecule has 1 aliphatic rings. The summed E-state index contributed by atoms with van der Waals surface area (Å²) in [5.74, 6) is 0.693. The molecule has 4 rings (SSSR count). The number of hydrogen-bond donors (Lipinski definition) is 1. The van der Waals surface area contributed by atoms with E-state index in [0.29, 0.717) is 56.3 Å². The van der Waals surface area contributed by atoms with Crippen molar-refractivity contribution in [3.05, 3.63) is 94.0 Å². The van der Waals surface area contributed by atoms with Crippen LogP contribution in [0.3, 0.4) is 0 Å². The van der Waals surface area contributed by atoms with Crippen LogP contribution in [0.1, 0.15) is 29.3 Å². The Morgan fingerprint density at radius 3 is 2.49 bits per heavy atom. The molecule has 8 nitrogen and oxygen atoms in total. The van der Waals surface area contributed by atoms with Gasteiger partial charge >= 0.3 is 0 Å². The van der Waals surface area contributed by atoms with E-state index in [4.69, 9.17) is 4.74 Å². The highest BCUT2D eigenvalue weighted by Crippen LogP contribution is 2.31. The smallest absolute Gasteiger partial charge is 0.292 e. The fourth-order valence-corrected chi connectivity index (χ4v) is 4.10. The van der Waals surface area contributed by atoms with E-state index >= 15 is 0 Å². The molecule has 0 spiro atoms. The molecular formula is C27H30N4O4. The summed E-state index contributed by atoms with van der Waals surface area (Å²) in [6.07, 6.45) is 0.909. The molecule has 0 saturated carbocycles. The average Bonchev–Trinajstić information content (AvgIpc) is 2.91. The summed E-state index contributed by atoms with van der Waals surface area (Å²) in [5.41, 5.74) is 3.09. The lowest BCUT2D eigenvalue weighted by atomic mass is 10.1. The highest BCUT2D eigenvalue weighted by atomic mass is 16.6. The van der Waals surface area contributed by atoms with Crippen LogP contribution in [0.2, 0.25) is 0 Å². The van der Waals surface area contributed by atoms with E-state index in [1.54, 1.807) is 18.2 Å². The van der Waals surface area contributed by atoms with Gasteiger partial charge < -0.3 is 19.9 Å². The van der Waals surface area contributed by atoms with Gasteiger partial charge in [0.1, 0.15) is 11.4 Å². The third-order valence-corrected chi connectivity index (χ3v) is 5.99. The van der Waals surface area contributed by atoms with Gasteiger partial charge in [-0.05, 0) is 42.3 Å². The molecule has 0 radical (unpaired) electrons. The topological polar surface area (TPSA) is 88.0 Å². The molecule has 1 heterocycles. The Morgan fingerprint density at radius 2 is 1.77 bits per heavy atom. The number of carbonyl (C=O) groups excluding carboxylic acids is 1. The highest BCUT2D eigenvalue weighted by Gasteiger charge is 2.24. The quantitative estimate of drug-likeness (QED) is 0.348. The van der Waals surface area contributed by atoms with Crippen LogP contribution >= 0.6 is 0 Å². The lowest BCUT2D eigenvalue weighted by Crippen LogP contribution is -2.48. The van der Waals surface area contributed by atoms with Crippen LogP contribution in [0.15, 0.2) is 72.8 Å². The molecule has 3 aromatic carbocycles. The highest BCUT2D eigenvalue weighted by molar-refractivity contribution is 5.94. The molecule has 1 amide bonds. The standard InChI is InChI=1S/C27H30N4O4/c1-2-17-35-24-10-6-9-22(18-24)27(32)30-15-13-29(14-16-30)23-11-12-26(31(33)34)25(19-23)28-20-21-7-4-3-5-8-21/h3-12,18-19,28H,2,13-17,20H2,1H3. The van der Waals surface area contributed by atoms with Crippen LogP contribution in [0.5, 0.6) is 5.75 Å². The van der Waals surface area contributed by atoms with Gasteiger partial charge in [-0.2, -0.15) is 0 Å². The van der Waals surface area contributed by atoms with E-state index < -0.39 is 0 Å². The number of piperazine rings is 1. The SMILES string of the molecule is CCCOc1cccc(C(=O)N2CCN(c3ccc([N+](=O)[O-])c(NCc4ccccc4)c3)CC2)c1. The summed E-state index contributed by atoms with van der Waals surface area (Å²) in [5, 5.41) is 14.8. The molecule has 1 N–H and O–H groups in total. The molecule has 1 aliphatic heterocycles. The number of hydrogen-bond acceptors (Lipinski definition) is 6. The van der Waals surface area contributed by atoms with E-state index in [-0.39, 0.29) is 16.5 Å². The summed E-state index contributed by atoms with van der Waals surface area (Å²) < 4.78 is 5.66. The minimum Gasteiger partial charge on any atom is -0.494 e. The third-order valence-electron chi connectivity index (χ3n) is 5.99. The zero-order valence-electron chi connectivity index (χ0n) is 19.9. The van der Waals surface area contributed by atoms with Gasteiger partial charge in [0.25, 0.3) is 11.6 Å². The summed E-state index contributed by atoms with van der Waals surface area (Å²) in [4.78, 5) is 28.2. The van der Waals surface area contributed by atoms with Crippen molar-refractivity contribution in [2.75, 3.05) is 43.0 Å². The van der Waals surface area contributed by atoms with Crippen molar-refractivity contribution in [1.29, 1.82) is 0 Å². The van der Waals surface area contributed by atoms with Crippen molar-refractivity contribution in [1.82, 2.24) is 4.90 Å². The summed E-state index contributed by atoms with van der Waals surface area (Å²) in [6.45, 7) is 5.59. The summed E-state index contributed by atoms with van der Waals surface area (Å²) >= 11 is 0. The second-order valence-electron chi connectivity index (χ2n) is 8.45. The largest absolute Gasteiger partial charge is 0.494 e. The number of amides is 1. The average molecular weight is 475 g/mol. The van der Waals surface area contributed by atoms with Gasteiger partial charge in [0.15, 0.2) is 0 Å². The number of ether oxygens (including phenoxy) is 1. The molecule has 1 saturated heterocycles. The maximum absolute atomic E-state index is 13.0. The first-order chi connectivity index (χ1) is 17.0. The van der Waals surface area contributed by atoms with Gasteiger partial charge in [0.05, 0.1) is 11.5 Å². The maximum Gasteiger partial charge on any atom is 0.292 e. The second kappa shape index (κ2) is 11.4. The molecule has 1 fully saturated rings. The van der Waals surface area contributed by atoms with Crippen molar-refractivity contribution in [3.63, 3.8) is 0 Å². The maximum atomic E-state index is 13.0. The summed E-state index contributed by atoms with van der Waals surface area (Å²) in [6, 6.07) is 22.2. The minimum atomic E-state index is -0.369. The van der Waals surface area contributed by atoms with Crippen LogP contribution < -0.4 is 15.0 Å². The van der Waals surface area contributed by atoms with Gasteiger partial charge in [-0.15, -0.1) is 0 Å². The van der Waals surface area contributed by atoms with Crippen molar-refractivity contribution in [2.45, 2.75) is 19.9 Å².